The molecule has 8 nitrogen and oxygen atoms in total. The molecule has 1 amide bonds. The first-order chi connectivity index (χ1) is 15.0. The van der Waals surface area contributed by atoms with Crippen LogP contribution in [0, 0.1) is 0 Å². The standard InChI is InChI=1S/C23H21N5O3/c1-25-21-20(22(30)26(2)23(25)31)27(14-24-21)13-19(29)28-11-10-16-12-17(28)8-9-18(16)15-6-4-3-5-7-15/h3-9,12,14H,10-11,13H2,1-2H3. The summed E-state index contributed by atoms with van der Waals surface area (Å²) in [6, 6.07) is 16.3. The fourth-order valence-corrected chi connectivity index (χ4v) is 4.23. The van der Waals surface area contributed by atoms with E-state index in [9.17, 15) is 14.4 Å². The van der Waals surface area contributed by atoms with Gasteiger partial charge in [0.15, 0.2) is 11.2 Å². The lowest BCUT2D eigenvalue weighted by atomic mass is 9.94. The van der Waals surface area contributed by atoms with Crippen molar-refractivity contribution in [3.63, 3.8) is 0 Å². The number of anilines is 1. The summed E-state index contributed by atoms with van der Waals surface area (Å²) < 4.78 is 3.86. The van der Waals surface area contributed by atoms with Crippen LogP contribution in [0.2, 0.25) is 0 Å². The summed E-state index contributed by atoms with van der Waals surface area (Å²) in [4.78, 5) is 43.8. The topological polar surface area (TPSA) is 82.1 Å². The Morgan fingerprint density at radius 3 is 2.58 bits per heavy atom. The van der Waals surface area contributed by atoms with E-state index in [-0.39, 0.29) is 23.6 Å². The fourth-order valence-electron chi connectivity index (χ4n) is 4.23. The summed E-state index contributed by atoms with van der Waals surface area (Å²) in [7, 11) is 2.98. The molecular formula is C23H21N5O3. The zero-order chi connectivity index (χ0) is 21.7. The predicted octanol–water partition coefficient (Wildman–Crippen LogP) is 1.69. The van der Waals surface area contributed by atoms with E-state index in [4.69, 9.17) is 0 Å². The number of carbonyl (C=O) groups excluding carboxylic acids is 1. The Balaban J connectivity index is 1.46. The first kappa shape index (κ1) is 19.0. The minimum absolute atomic E-state index is 0.0281. The van der Waals surface area contributed by atoms with Gasteiger partial charge in [-0.25, -0.2) is 9.78 Å². The van der Waals surface area contributed by atoms with Gasteiger partial charge in [-0.3, -0.25) is 18.7 Å². The smallest absolute Gasteiger partial charge is 0.315 e. The molecule has 0 aliphatic carbocycles. The Bertz CT molecular complexity index is 1450. The molecule has 3 heterocycles. The van der Waals surface area contributed by atoms with E-state index in [0.717, 1.165) is 22.2 Å². The number of amides is 1. The molecule has 4 aromatic rings. The van der Waals surface area contributed by atoms with Crippen molar-refractivity contribution in [3.05, 3.63) is 81.3 Å². The monoisotopic (exact) mass is 415 g/mol. The largest absolute Gasteiger partial charge is 0.332 e. The van der Waals surface area contributed by atoms with Crippen LogP contribution in [0.25, 0.3) is 22.3 Å². The summed E-state index contributed by atoms with van der Waals surface area (Å²) >= 11 is 0. The number of hydrogen-bond acceptors (Lipinski definition) is 4. The molecular weight excluding hydrogens is 394 g/mol. The lowest BCUT2D eigenvalue weighted by molar-refractivity contribution is -0.119. The number of nitrogens with zero attached hydrogens (tertiary/aromatic N) is 5. The van der Waals surface area contributed by atoms with Crippen LogP contribution in [0.3, 0.4) is 0 Å². The highest BCUT2D eigenvalue weighted by Crippen LogP contribution is 2.32. The highest BCUT2D eigenvalue weighted by molar-refractivity contribution is 5.95. The van der Waals surface area contributed by atoms with Gasteiger partial charge in [-0.2, -0.15) is 0 Å². The van der Waals surface area contributed by atoms with Crippen molar-refractivity contribution < 1.29 is 4.79 Å². The number of carbonyl (C=O) groups is 1. The minimum atomic E-state index is -0.462. The van der Waals surface area contributed by atoms with Gasteiger partial charge in [-0.15, -0.1) is 0 Å². The zero-order valence-corrected chi connectivity index (χ0v) is 17.3. The number of benzene rings is 2. The molecule has 1 aliphatic heterocycles. The van der Waals surface area contributed by atoms with Crippen LogP contribution in [0.1, 0.15) is 5.56 Å². The maximum atomic E-state index is 13.1. The minimum Gasteiger partial charge on any atom is -0.315 e. The molecule has 156 valence electrons. The number of rotatable bonds is 3. The summed E-state index contributed by atoms with van der Waals surface area (Å²) in [5.41, 5.74) is 4.01. The Hall–Kier alpha value is -3.94. The number of imidazole rings is 1. The molecule has 0 saturated heterocycles. The Morgan fingerprint density at radius 1 is 1.03 bits per heavy atom. The molecule has 0 radical (unpaired) electrons. The summed E-state index contributed by atoms with van der Waals surface area (Å²) in [6.45, 7) is 0.545. The third-order valence-corrected chi connectivity index (χ3v) is 5.91. The molecule has 2 aromatic heterocycles. The van der Waals surface area contributed by atoms with Crippen LogP contribution in [0.5, 0.6) is 0 Å². The van der Waals surface area contributed by atoms with Crippen molar-refractivity contribution in [1.29, 1.82) is 0 Å². The summed E-state index contributed by atoms with van der Waals surface area (Å²) in [5.74, 6) is -0.131. The molecule has 0 atom stereocenters. The Labute approximate surface area is 177 Å². The van der Waals surface area contributed by atoms with E-state index >= 15 is 0 Å². The van der Waals surface area contributed by atoms with E-state index in [0.29, 0.717) is 6.54 Å². The van der Waals surface area contributed by atoms with Gasteiger partial charge in [-0.05, 0) is 35.2 Å². The van der Waals surface area contributed by atoms with E-state index in [2.05, 4.69) is 29.2 Å². The van der Waals surface area contributed by atoms with Crippen LogP contribution in [0.4, 0.5) is 5.69 Å². The molecule has 0 saturated carbocycles. The second-order valence-electron chi connectivity index (χ2n) is 7.75. The molecule has 8 heteroatoms. The molecule has 2 aromatic carbocycles. The maximum Gasteiger partial charge on any atom is 0.332 e. The van der Waals surface area contributed by atoms with Crippen molar-refractivity contribution in [3.8, 4) is 11.1 Å². The van der Waals surface area contributed by atoms with Crippen molar-refractivity contribution in [2.24, 2.45) is 14.1 Å². The third kappa shape index (κ3) is 2.99. The summed E-state index contributed by atoms with van der Waals surface area (Å²) in [5, 5.41) is 0. The highest BCUT2D eigenvalue weighted by Gasteiger charge is 2.24. The first-order valence-electron chi connectivity index (χ1n) is 10.1. The van der Waals surface area contributed by atoms with Crippen LogP contribution < -0.4 is 16.1 Å². The Kier molecular flexibility index (Phi) is 4.35. The molecule has 2 bridgehead atoms. The van der Waals surface area contributed by atoms with Gasteiger partial charge in [0.05, 0.1) is 6.33 Å². The normalized spacial score (nSPS) is 13.0. The van der Waals surface area contributed by atoms with Crippen molar-refractivity contribution in [1.82, 2.24) is 18.7 Å². The summed E-state index contributed by atoms with van der Waals surface area (Å²) in [6.07, 6.45) is 2.20. The number of aryl methyl sites for hydroxylation is 1. The molecule has 1 aliphatic rings. The molecule has 0 spiro atoms. The number of hydrogen-bond donors (Lipinski definition) is 0. The van der Waals surface area contributed by atoms with Crippen molar-refractivity contribution in [2.75, 3.05) is 11.4 Å². The Morgan fingerprint density at radius 2 is 1.81 bits per heavy atom. The molecule has 0 N–H and O–H groups in total. The van der Waals surface area contributed by atoms with Gasteiger partial charge in [0.1, 0.15) is 6.54 Å². The molecule has 0 unspecified atom stereocenters. The zero-order valence-electron chi connectivity index (χ0n) is 17.3. The van der Waals surface area contributed by atoms with Crippen molar-refractivity contribution >= 4 is 22.8 Å². The van der Waals surface area contributed by atoms with Crippen LogP contribution >= 0.6 is 0 Å². The highest BCUT2D eigenvalue weighted by atomic mass is 16.2. The van der Waals surface area contributed by atoms with Crippen molar-refractivity contribution in [2.45, 2.75) is 13.0 Å². The lowest BCUT2D eigenvalue weighted by Gasteiger charge is -2.29. The number of fused-ring (bicyclic) bond motifs is 3. The molecule has 31 heavy (non-hydrogen) atoms. The average molecular weight is 415 g/mol. The average Bonchev–Trinajstić information content (AvgIpc) is 3.20. The van der Waals surface area contributed by atoms with Crippen LogP contribution in [-0.4, -0.2) is 31.1 Å². The predicted molar refractivity (Wildman–Crippen MR) is 118 cm³/mol. The second kappa shape index (κ2) is 7.09. The molecule has 5 rings (SSSR count). The van der Waals surface area contributed by atoms with Gasteiger partial charge in [0.2, 0.25) is 5.91 Å². The van der Waals surface area contributed by atoms with Crippen LogP contribution in [-0.2, 0) is 31.9 Å². The lowest BCUT2D eigenvalue weighted by Crippen LogP contribution is -2.39. The maximum absolute atomic E-state index is 13.1. The number of aromatic nitrogens is 4. The SMILES string of the molecule is Cn1c(=O)c2c(ncn2CC(=O)N2CCc3cc2ccc3-c2ccccc2)n(C)c1=O. The first-order valence-corrected chi connectivity index (χ1v) is 10.1. The van der Waals surface area contributed by atoms with E-state index < -0.39 is 11.2 Å². The van der Waals surface area contributed by atoms with E-state index in [1.165, 1.54) is 33.6 Å². The van der Waals surface area contributed by atoms with Gasteiger partial charge in [0, 0.05) is 26.3 Å². The van der Waals surface area contributed by atoms with Gasteiger partial charge in [-0.1, -0.05) is 36.4 Å². The van der Waals surface area contributed by atoms with E-state index in [1.807, 2.05) is 24.3 Å². The van der Waals surface area contributed by atoms with Crippen LogP contribution in [0.15, 0.2) is 64.4 Å². The second-order valence-corrected chi connectivity index (χ2v) is 7.75. The fraction of sp³-hybridized carbons (Fsp3) is 0.217. The van der Waals surface area contributed by atoms with Gasteiger partial charge >= 0.3 is 5.69 Å². The molecule has 0 fully saturated rings. The van der Waals surface area contributed by atoms with Gasteiger partial charge < -0.3 is 9.47 Å². The quantitative estimate of drug-likeness (QED) is 0.510. The van der Waals surface area contributed by atoms with E-state index in [1.54, 1.807) is 11.9 Å². The third-order valence-electron chi connectivity index (χ3n) is 5.91. The van der Waals surface area contributed by atoms with Gasteiger partial charge in [0.25, 0.3) is 5.56 Å².